The van der Waals surface area contributed by atoms with Crippen LogP contribution in [0, 0.1) is 5.82 Å². The summed E-state index contributed by atoms with van der Waals surface area (Å²) < 4.78 is 12.8. The van der Waals surface area contributed by atoms with Crippen molar-refractivity contribution in [1.82, 2.24) is 0 Å². The molecule has 0 fully saturated rings. The molecule has 0 bridgehead atoms. The van der Waals surface area contributed by atoms with Crippen LogP contribution in [0.25, 0.3) is 6.08 Å². The maximum atomic E-state index is 12.8. The number of carbonyl (C=O) groups excluding carboxylic acids is 1. The van der Waals surface area contributed by atoms with E-state index in [2.05, 4.69) is 0 Å². The molecule has 0 unspecified atom stereocenters. The van der Waals surface area contributed by atoms with Gasteiger partial charge in [-0.05, 0) is 23.8 Å². The topological polar surface area (TPSA) is 43.1 Å². The van der Waals surface area contributed by atoms with Crippen LogP contribution in [0.4, 0.5) is 4.39 Å². The number of rotatable bonds is 3. The summed E-state index contributed by atoms with van der Waals surface area (Å²) in [6.45, 7) is 0. The summed E-state index contributed by atoms with van der Waals surface area (Å²) in [6, 6.07) is 4.14. The first kappa shape index (κ1) is 10.7. The molecule has 0 aliphatic heterocycles. The Morgan fingerprint density at radius 1 is 1.50 bits per heavy atom. The third kappa shape index (κ3) is 3.58. The summed E-state index contributed by atoms with van der Waals surface area (Å²) in [7, 11) is 0. The van der Waals surface area contributed by atoms with E-state index < -0.39 is 11.7 Å². The maximum absolute atomic E-state index is 12.8. The van der Waals surface area contributed by atoms with Gasteiger partial charge in [0.2, 0.25) is 5.91 Å². The van der Waals surface area contributed by atoms with Gasteiger partial charge in [-0.25, -0.2) is 4.39 Å². The van der Waals surface area contributed by atoms with Crippen molar-refractivity contribution in [1.29, 1.82) is 0 Å². The maximum Gasteiger partial charge on any atom is 0.221 e. The molecule has 0 aliphatic rings. The molecule has 0 aromatic heterocycles. The van der Waals surface area contributed by atoms with Crippen LogP contribution < -0.4 is 5.73 Å². The van der Waals surface area contributed by atoms with E-state index in [4.69, 9.17) is 17.3 Å². The number of nitrogens with two attached hydrogens (primary N) is 1. The van der Waals surface area contributed by atoms with Crippen molar-refractivity contribution in [3.8, 4) is 0 Å². The van der Waals surface area contributed by atoms with E-state index in [-0.39, 0.29) is 6.42 Å². The molecule has 0 saturated carbocycles. The highest BCUT2D eigenvalue weighted by Gasteiger charge is 1.96. The lowest BCUT2D eigenvalue weighted by Crippen LogP contribution is -2.07. The Bertz CT molecular complexity index is 356. The first-order chi connectivity index (χ1) is 6.58. The number of amides is 1. The molecule has 2 nitrogen and oxygen atoms in total. The Balaban J connectivity index is 2.76. The van der Waals surface area contributed by atoms with E-state index in [1.807, 2.05) is 0 Å². The fraction of sp³-hybridized carbons (Fsp3) is 0.100. The summed E-state index contributed by atoms with van der Waals surface area (Å²) in [5, 5.41) is 0.323. The van der Waals surface area contributed by atoms with Gasteiger partial charge in [0.15, 0.2) is 0 Å². The average Bonchev–Trinajstić information content (AvgIpc) is 2.01. The quantitative estimate of drug-likeness (QED) is 0.823. The number of hydrogen-bond donors (Lipinski definition) is 1. The molecule has 0 heterocycles. The Morgan fingerprint density at radius 3 is 2.79 bits per heavy atom. The van der Waals surface area contributed by atoms with Gasteiger partial charge in [-0.3, -0.25) is 4.79 Å². The van der Waals surface area contributed by atoms with Gasteiger partial charge < -0.3 is 5.73 Å². The largest absolute Gasteiger partial charge is 0.369 e. The molecule has 4 heteroatoms. The zero-order valence-corrected chi connectivity index (χ0v) is 8.09. The number of hydrogen-bond acceptors (Lipinski definition) is 1. The molecular formula is C10H9ClFNO. The Kier molecular flexibility index (Phi) is 3.65. The zero-order chi connectivity index (χ0) is 10.6. The fourth-order valence-corrected chi connectivity index (χ4v) is 1.21. The Hall–Kier alpha value is -1.35. The standard InChI is InChI=1S/C10H9ClFNO/c11-8-4-7(5-9(12)6-8)2-1-3-10(13)14/h1-2,4-6H,3H2,(H2,13,14). The van der Waals surface area contributed by atoms with Crippen molar-refractivity contribution in [3.63, 3.8) is 0 Å². The summed E-state index contributed by atoms with van der Waals surface area (Å²) in [4.78, 5) is 10.4. The van der Waals surface area contributed by atoms with E-state index >= 15 is 0 Å². The highest BCUT2D eigenvalue weighted by Crippen LogP contribution is 2.15. The van der Waals surface area contributed by atoms with Crippen molar-refractivity contribution in [2.45, 2.75) is 6.42 Å². The van der Waals surface area contributed by atoms with Crippen LogP contribution in [0.3, 0.4) is 0 Å². The minimum absolute atomic E-state index is 0.133. The molecular weight excluding hydrogens is 205 g/mol. The first-order valence-corrected chi connectivity index (χ1v) is 4.36. The van der Waals surface area contributed by atoms with Crippen LogP contribution in [0.1, 0.15) is 12.0 Å². The van der Waals surface area contributed by atoms with Gasteiger partial charge in [0.05, 0.1) is 0 Å². The van der Waals surface area contributed by atoms with Crippen LogP contribution in [0.2, 0.25) is 5.02 Å². The molecule has 14 heavy (non-hydrogen) atoms. The second-order valence-corrected chi connectivity index (χ2v) is 3.21. The predicted octanol–water partition coefficient (Wildman–Crippen LogP) is 2.37. The Labute approximate surface area is 86.2 Å². The van der Waals surface area contributed by atoms with Crippen LogP contribution in [-0.4, -0.2) is 5.91 Å². The fourth-order valence-electron chi connectivity index (χ4n) is 0.983. The van der Waals surface area contributed by atoms with Gasteiger partial charge >= 0.3 is 0 Å². The van der Waals surface area contributed by atoms with Gasteiger partial charge in [0, 0.05) is 11.4 Å². The summed E-state index contributed by atoms with van der Waals surface area (Å²) in [5.41, 5.74) is 5.53. The lowest BCUT2D eigenvalue weighted by Gasteiger charge is -1.95. The predicted molar refractivity (Wildman–Crippen MR) is 54.3 cm³/mol. The molecule has 1 aromatic rings. The van der Waals surface area contributed by atoms with Crippen molar-refractivity contribution >= 4 is 23.6 Å². The monoisotopic (exact) mass is 213 g/mol. The number of carbonyl (C=O) groups is 1. The molecule has 1 aromatic carbocycles. The van der Waals surface area contributed by atoms with E-state index in [0.29, 0.717) is 10.6 Å². The van der Waals surface area contributed by atoms with Crippen molar-refractivity contribution in [3.05, 3.63) is 40.7 Å². The number of primary amides is 1. The van der Waals surface area contributed by atoms with Crippen LogP contribution in [-0.2, 0) is 4.79 Å². The molecule has 0 aliphatic carbocycles. The normalized spacial score (nSPS) is 10.7. The van der Waals surface area contributed by atoms with Gasteiger partial charge in [-0.15, -0.1) is 0 Å². The minimum atomic E-state index is -0.427. The number of benzene rings is 1. The minimum Gasteiger partial charge on any atom is -0.369 e. The SMILES string of the molecule is NC(=O)CC=Cc1cc(F)cc(Cl)c1. The average molecular weight is 214 g/mol. The second kappa shape index (κ2) is 4.77. The van der Waals surface area contributed by atoms with E-state index in [1.165, 1.54) is 12.1 Å². The van der Waals surface area contributed by atoms with Gasteiger partial charge in [-0.1, -0.05) is 23.8 Å². The van der Waals surface area contributed by atoms with E-state index in [0.717, 1.165) is 0 Å². The summed E-state index contributed by atoms with van der Waals surface area (Å²) >= 11 is 5.63. The first-order valence-electron chi connectivity index (χ1n) is 3.99. The van der Waals surface area contributed by atoms with E-state index in [1.54, 1.807) is 18.2 Å². The molecule has 1 amide bonds. The summed E-state index contributed by atoms with van der Waals surface area (Å²) in [5.74, 6) is -0.833. The zero-order valence-electron chi connectivity index (χ0n) is 7.34. The number of halogens is 2. The molecule has 1 rings (SSSR count). The lowest BCUT2D eigenvalue weighted by molar-refractivity contribution is -0.117. The molecule has 2 N–H and O–H groups in total. The highest BCUT2D eigenvalue weighted by atomic mass is 35.5. The van der Waals surface area contributed by atoms with Gasteiger partial charge in [0.25, 0.3) is 0 Å². The van der Waals surface area contributed by atoms with Crippen LogP contribution >= 0.6 is 11.6 Å². The van der Waals surface area contributed by atoms with E-state index in [9.17, 15) is 9.18 Å². The van der Waals surface area contributed by atoms with Crippen LogP contribution in [0.15, 0.2) is 24.3 Å². The molecule has 0 atom stereocenters. The second-order valence-electron chi connectivity index (χ2n) is 2.78. The van der Waals surface area contributed by atoms with Crippen molar-refractivity contribution < 1.29 is 9.18 Å². The highest BCUT2D eigenvalue weighted by molar-refractivity contribution is 6.30. The third-order valence-electron chi connectivity index (χ3n) is 1.51. The summed E-state index contributed by atoms with van der Waals surface area (Å²) in [6.07, 6.45) is 3.29. The van der Waals surface area contributed by atoms with Crippen molar-refractivity contribution in [2.75, 3.05) is 0 Å². The lowest BCUT2D eigenvalue weighted by atomic mass is 10.2. The molecule has 74 valence electrons. The van der Waals surface area contributed by atoms with Gasteiger partial charge in [-0.2, -0.15) is 0 Å². The molecule has 0 spiro atoms. The third-order valence-corrected chi connectivity index (χ3v) is 1.73. The van der Waals surface area contributed by atoms with Crippen LogP contribution in [0.5, 0.6) is 0 Å². The molecule has 0 radical (unpaired) electrons. The smallest absolute Gasteiger partial charge is 0.221 e. The molecule has 0 saturated heterocycles. The van der Waals surface area contributed by atoms with Gasteiger partial charge in [0.1, 0.15) is 5.82 Å². The Morgan fingerprint density at radius 2 is 2.21 bits per heavy atom. The van der Waals surface area contributed by atoms with Crippen molar-refractivity contribution in [2.24, 2.45) is 5.73 Å².